The maximum Gasteiger partial charge on any atom is 0.419 e. The molecule has 0 atom stereocenters. The Bertz CT molecular complexity index is 658. The summed E-state index contributed by atoms with van der Waals surface area (Å²) in [6.07, 6.45) is -4.76. The van der Waals surface area contributed by atoms with E-state index >= 15 is 0 Å². The van der Waals surface area contributed by atoms with Gasteiger partial charge in [0.1, 0.15) is 11.6 Å². The number of benzene rings is 2. The second-order valence-corrected chi connectivity index (χ2v) is 4.70. The Kier molecular flexibility index (Phi) is 4.27. The van der Waals surface area contributed by atoms with Crippen molar-refractivity contribution in [2.45, 2.75) is 12.7 Å². The molecule has 2 rings (SSSR count). The molecular formula is C14H10ClF4NO. The van der Waals surface area contributed by atoms with E-state index in [1.54, 1.807) is 12.1 Å². The van der Waals surface area contributed by atoms with Gasteiger partial charge >= 0.3 is 6.18 Å². The summed E-state index contributed by atoms with van der Waals surface area (Å²) in [7, 11) is 0. The standard InChI is InChI=1S/C14H10ClF4NO/c15-11-3-1-2-8(13(11)21)7-20-9-4-5-12(16)10(6-9)14(17,18)19/h1-6,20-21H,7H2. The van der Waals surface area contributed by atoms with E-state index in [0.717, 1.165) is 6.07 Å². The van der Waals surface area contributed by atoms with Gasteiger partial charge in [0.25, 0.3) is 0 Å². The fourth-order valence-electron chi connectivity index (χ4n) is 1.75. The van der Waals surface area contributed by atoms with E-state index in [4.69, 9.17) is 11.6 Å². The van der Waals surface area contributed by atoms with Crippen molar-refractivity contribution in [3.05, 3.63) is 58.4 Å². The minimum absolute atomic E-state index is 0.0509. The lowest BCUT2D eigenvalue weighted by Crippen LogP contribution is -2.09. The molecule has 0 amide bonds. The van der Waals surface area contributed by atoms with Gasteiger partial charge in [-0.1, -0.05) is 23.7 Å². The molecule has 2 aromatic rings. The monoisotopic (exact) mass is 319 g/mol. The highest BCUT2D eigenvalue weighted by molar-refractivity contribution is 6.32. The van der Waals surface area contributed by atoms with Crippen molar-refractivity contribution in [2.24, 2.45) is 0 Å². The number of hydrogen-bond donors (Lipinski definition) is 2. The summed E-state index contributed by atoms with van der Waals surface area (Å²) in [4.78, 5) is 0. The van der Waals surface area contributed by atoms with E-state index in [0.29, 0.717) is 11.6 Å². The third-order valence-electron chi connectivity index (χ3n) is 2.83. The largest absolute Gasteiger partial charge is 0.506 e. The maximum absolute atomic E-state index is 13.1. The molecule has 0 saturated carbocycles. The number of nitrogens with one attached hydrogen (secondary N) is 1. The molecule has 0 spiro atoms. The molecule has 2 nitrogen and oxygen atoms in total. The second-order valence-electron chi connectivity index (χ2n) is 4.29. The van der Waals surface area contributed by atoms with Crippen LogP contribution < -0.4 is 5.32 Å². The Morgan fingerprint density at radius 1 is 1.14 bits per heavy atom. The topological polar surface area (TPSA) is 32.3 Å². The van der Waals surface area contributed by atoms with Crippen molar-refractivity contribution in [1.29, 1.82) is 0 Å². The van der Waals surface area contributed by atoms with Gasteiger partial charge in [0, 0.05) is 17.8 Å². The molecule has 0 fully saturated rings. The average Bonchev–Trinajstić information content (AvgIpc) is 2.40. The Morgan fingerprint density at radius 3 is 2.52 bits per heavy atom. The Morgan fingerprint density at radius 2 is 1.86 bits per heavy atom. The van der Waals surface area contributed by atoms with Gasteiger partial charge in [-0.25, -0.2) is 4.39 Å². The lowest BCUT2D eigenvalue weighted by atomic mass is 10.1. The summed E-state index contributed by atoms with van der Waals surface area (Å²) >= 11 is 5.73. The van der Waals surface area contributed by atoms with Gasteiger partial charge in [-0.3, -0.25) is 0 Å². The van der Waals surface area contributed by atoms with E-state index < -0.39 is 17.6 Å². The summed E-state index contributed by atoms with van der Waals surface area (Å²) in [5, 5.41) is 12.5. The Balaban J connectivity index is 2.19. The van der Waals surface area contributed by atoms with Crippen molar-refractivity contribution >= 4 is 17.3 Å². The zero-order chi connectivity index (χ0) is 15.6. The zero-order valence-corrected chi connectivity index (χ0v) is 11.3. The van der Waals surface area contributed by atoms with E-state index in [-0.39, 0.29) is 23.0 Å². The predicted octanol–water partition coefficient (Wildman–Crippen LogP) is 4.82. The number of aromatic hydroxyl groups is 1. The highest BCUT2D eigenvalue weighted by Gasteiger charge is 2.34. The van der Waals surface area contributed by atoms with Crippen LogP contribution in [0.4, 0.5) is 23.2 Å². The number of halogens is 5. The molecular weight excluding hydrogens is 310 g/mol. The molecule has 7 heteroatoms. The third kappa shape index (κ3) is 3.58. The molecule has 0 radical (unpaired) electrons. The summed E-state index contributed by atoms with van der Waals surface area (Å²) in [5.41, 5.74) is -0.841. The Labute approximate surface area is 123 Å². The molecule has 0 unspecified atom stereocenters. The molecule has 0 aliphatic rings. The fraction of sp³-hybridized carbons (Fsp3) is 0.143. The molecule has 0 bridgehead atoms. The Hall–Kier alpha value is -1.95. The summed E-state index contributed by atoms with van der Waals surface area (Å²) < 4.78 is 50.9. The minimum atomic E-state index is -4.76. The van der Waals surface area contributed by atoms with Crippen LogP contribution in [0.3, 0.4) is 0 Å². The molecule has 0 saturated heterocycles. The fourth-order valence-corrected chi connectivity index (χ4v) is 1.95. The molecule has 0 aromatic heterocycles. The van der Waals surface area contributed by atoms with Gasteiger partial charge in [-0.15, -0.1) is 0 Å². The number of phenolic OH excluding ortho intramolecular Hbond substituents is 1. The zero-order valence-electron chi connectivity index (χ0n) is 10.5. The van der Waals surface area contributed by atoms with E-state index in [1.165, 1.54) is 12.1 Å². The summed E-state index contributed by atoms with van der Waals surface area (Å²) in [6, 6.07) is 7.26. The second kappa shape index (κ2) is 5.81. The SMILES string of the molecule is Oc1c(Cl)cccc1CNc1ccc(F)c(C(F)(F)F)c1. The van der Waals surface area contributed by atoms with Crippen LogP contribution in [0.5, 0.6) is 5.75 Å². The van der Waals surface area contributed by atoms with Gasteiger partial charge in [-0.05, 0) is 24.3 Å². The highest BCUT2D eigenvalue weighted by atomic mass is 35.5. The molecule has 21 heavy (non-hydrogen) atoms. The maximum atomic E-state index is 13.1. The first-order valence-corrected chi connectivity index (χ1v) is 6.24. The van der Waals surface area contributed by atoms with Crippen LogP contribution in [0.1, 0.15) is 11.1 Å². The van der Waals surface area contributed by atoms with Crippen molar-refractivity contribution in [1.82, 2.24) is 0 Å². The molecule has 112 valence electrons. The number of anilines is 1. The average molecular weight is 320 g/mol. The quantitative estimate of drug-likeness (QED) is 0.795. The van der Waals surface area contributed by atoms with Crippen molar-refractivity contribution in [3.8, 4) is 5.75 Å². The lowest BCUT2D eigenvalue weighted by molar-refractivity contribution is -0.139. The molecule has 2 aromatic carbocycles. The number of para-hydroxylation sites is 1. The van der Waals surface area contributed by atoms with E-state index in [1.807, 2.05) is 0 Å². The van der Waals surface area contributed by atoms with Gasteiger partial charge in [0.2, 0.25) is 0 Å². The van der Waals surface area contributed by atoms with Crippen molar-refractivity contribution in [2.75, 3.05) is 5.32 Å². The van der Waals surface area contributed by atoms with Gasteiger partial charge < -0.3 is 10.4 Å². The van der Waals surface area contributed by atoms with Crippen molar-refractivity contribution < 1.29 is 22.7 Å². The molecule has 0 aliphatic carbocycles. The highest BCUT2D eigenvalue weighted by Crippen LogP contribution is 2.33. The lowest BCUT2D eigenvalue weighted by Gasteiger charge is -2.12. The van der Waals surface area contributed by atoms with E-state index in [2.05, 4.69) is 5.32 Å². The van der Waals surface area contributed by atoms with Crippen LogP contribution in [0, 0.1) is 5.82 Å². The smallest absolute Gasteiger partial charge is 0.419 e. The van der Waals surface area contributed by atoms with Crippen molar-refractivity contribution in [3.63, 3.8) is 0 Å². The van der Waals surface area contributed by atoms with Gasteiger partial charge in [0.05, 0.1) is 10.6 Å². The predicted molar refractivity (Wildman–Crippen MR) is 71.8 cm³/mol. The van der Waals surface area contributed by atoms with Gasteiger partial charge in [-0.2, -0.15) is 13.2 Å². The van der Waals surface area contributed by atoms with Gasteiger partial charge in [0.15, 0.2) is 0 Å². The first-order chi connectivity index (χ1) is 9.79. The number of alkyl halides is 3. The summed E-state index contributed by atoms with van der Waals surface area (Å²) in [5.74, 6) is -1.48. The van der Waals surface area contributed by atoms with Crippen LogP contribution in [-0.2, 0) is 12.7 Å². The first-order valence-electron chi connectivity index (χ1n) is 5.86. The third-order valence-corrected chi connectivity index (χ3v) is 3.13. The van der Waals surface area contributed by atoms with Crippen LogP contribution in [0.25, 0.3) is 0 Å². The van der Waals surface area contributed by atoms with Crippen LogP contribution in [0.15, 0.2) is 36.4 Å². The number of phenols is 1. The molecule has 0 aliphatic heterocycles. The molecule has 0 heterocycles. The summed E-state index contributed by atoms with van der Waals surface area (Å²) in [6.45, 7) is 0.0509. The number of hydrogen-bond acceptors (Lipinski definition) is 2. The molecule has 2 N–H and O–H groups in total. The van der Waals surface area contributed by atoms with E-state index in [9.17, 15) is 22.7 Å². The van der Waals surface area contributed by atoms with Crippen LogP contribution in [0.2, 0.25) is 5.02 Å². The van der Waals surface area contributed by atoms with Crippen LogP contribution >= 0.6 is 11.6 Å². The van der Waals surface area contributed by atoms with Crippen LogP contribution in [-0.4, -0.2) is 5.11 Å². The first kappa shape index (κ1) is 15.4. The normalized spacial score (nSPS) is 11.5. The number of rotatable bonds is 3. The minimum Gasteiger partial charge on any atom is -0.506 e.